The Balaban J connectivity index is 2.27. The lowest BCUT2D eigenvalue weighted by Crippen LogP contribution is -2.44. The fraction of sp³-hybridized carbons (Fsp3) is 0.857. The summed E-state index contributed by atoms with van der Waals surface area (Å²) in [5.41, 5.74) is -0.622. The zero-order chi connectivity index (χ0) is 18.2. The van der Waals surface area contributed by atoms with Gasteiger partial charge < -0.3 is 14.2 Å². The minimum Gasteiger partial charge on any atom is -0.462 e. The Bertz CT molecular complexity index is 410. The molecule has 1 atom stereocenters. The summed E-state index contributed by atoms with van der Waals surface area (Å²) < 4.78 is 15.5. The summed E-state index contributed by atoms with van der Waals surface area (Å²) >= 11 is 0. The highest BCUT2D eigenvalue weighted by Gasteiger charge is 2.37. The van der Waals surface area contributed by atoms with E-state index in [9.17, 15) is 9.59 Å². The Morgan fingerprint density at radius 3 is 2.46 bits per heavy atom. The number of carbonyl (C=O) groups is 2. The van der Waals surface area contributed by atoms with Crippen molar-refractivity contribution >= 4 is 12.1 Å². The van der Waals surface area contributed by atoms with Gasteiger partial charge >= 0.3 is 12.1 Å². The fourth-order valence-electron chi connectivity index (χ4n) is 2.13. The van der Waals surface area contributed by atoms with Crippen molar-refractivity contribution < 1.29 is 39.1 Å². The number of hydrogen-bond donors (Lipinski definition) is 2. The van der Waals surface area contributed by atoms with Gasteiger partial charge in [-0.15, -0.1) is 0 Å². The van der Waals surface area contributed by atoms with E-state index >= 15 is 0 Å². The molecule has 1 fully saturated rings. The molecule has 1 aliphatic heterocycles. The zero-order valence-corrected chi connectivity index (χ0v) is 14.3. The van der Waals surface area contributed by atoms with Crippen LogP contribution in [0.15, 0.2) is 0 Å². The molecule has 10 heteroatoms. The van der Waals surface area contributed by atoms with Crippen LogP contribution in [0.3, 0.4) is 0 Å². The van der Waals surface area contributed by atoms with E-state index in [0.717, 1.165) is 0 Å². The largest absolute Gasteiger partial charge is 0.462 e. The number of likely N-dealkylation sites (tertiary alicyclic amines) is 1. The van der Waals surface area contributed by atoms with Gasteiger partial charge in [-0.1, -0.05) is 0 Å². The van der Waals surface area contributed by atoms with Crippen molar-refractivity contribution in [2.45, 2.75) is 45.3 Å². The van der Waals surface area contributed by atoms with Gasteiger partial charge in [0.15, 0.2) is 0 Å². The van der Waals surface area contributed by atoms with E-state index in [2.05, 4.69) is 4.84 Å². The quantitative estimate of drug-likeness (QED) is 0.375. The van der Waals surface area contributed by atoms with Crippen molar-refractivity contribution in [1.82, 2.24) is 10.3 Å². The van der Waals surface area contributed by atoms with E-state index in [1.165, 1.54) is 4.90 Å². The predicted octanol–water partition coefficient (Wildman–Crippen LogP) is 0.958. The second-order valence-electron chi connectivity index (χ2n) is 6.20. The number of hydrogen-bond acceptors (Lipinski definition) is 9. The predicted molar refractivity (Wildman–Crippen MR) is 79.1 cm³/mol. The fourth-order valence-corrected chi connectivity index (χ4v) is 2.13. The van der Waals surface area contributed by atoms with Crippen LogP contribution >= 0.6 is 0 Å². The van der Waals surface area contributed by atoms with E-state index in [0.29, 0.717) is 19.4 Å². The number of amides is 1. The van der Waals surface area contributed by atoms with Crippen LogP contribution in [0.2, 0.25) is 0 Å². The minimum absolute atomic E-state index is 0.0272. The molecule has 140 valence electrons. The van der Waals surface area contributed by atoms with Crippen molar-refractivity contribution in [3.63, 3.8) is 0 Å². The molecule has 1 amide bonds. The number of ether oxygens (including phenoxy) is 3. The lowest BCUT2D eigenvalue weighted by Gasteiger charge is -2.27. The summed E-state index contributed by atoms with van der Waals surface area (Å²) in [6, 6.07) is -0.638. The average molecular weight is 350 g/mol. The van der Waals surface area contributed by atoms with Crippen molar-refractivity contribution in [2.75, 3.05) is 33.0 Å². The third kappa shape index (κ3) is 7.88. The smallest absolute Gasteiger partial charge is 0.411 e. The van der Waals surface area contributed by atoms with Crippen LogP contribution < -0.4 is 0 Å². The molecule has 0 unspecified atom stereocenters. The van der Waals surface area contributed by atoms with Gasteiger partial charge in [0.05, 0.1) is 25.2 Å². The lowest BCUT2D eigenvalue weighted by molar-refractivity contribution is -0.493. The first kappa shape index (κ1) is 20.6. The van der Waals surface area contributed by atoms with Crippen LogP contribution in [0.4, 0.5) is 4.79 Å². The maximum Gasteiger partial charge on any atom is 0.411 e. The number of rotatable bonds is 8. The molecule has 0 radical (unpaired) electrons. The molecular formula is C14H26N2O8. The van der Waals surface area contributed by atoms with Gasteiger partial charge in [-0.05, 0) is 33.6 Å². The summed E-state index contributed by atoms with van der Waals surface area (Å²) in [6.07, 6.45) is 0.731. The zero-order valence-electron chi connectivity index (χ0n) is 14.3. The second-order valence-corrected chi connectivity index (χ2v) is 6.20. The Morgan fingerprint density at radius 2 is 1.83 bits per heavy atom. The highest BCUT2D eigenvalue weighted by Crippen LogP contribution is 2.21. The van der Waals surface area contributed by atoms with Gasteiger partial charge in [-0.25, -0.2) is 14.4 Å². The molecule has 0 aromatic carbocycles. The summed E-state index contributed by atoms with van der Waals surface area (Å²) in [6.45, 7) is 5.96. The van der Waals surface area contributed by atoms with Crippen molar-refractivity contribution in [3.8, 4) is 0 Å². The van der Waals surface area contributed by atoms with Crippen LogP contribution in [0.25, 0.3) is 0 Å². The average Bonchev–Trinajstić information content (AvgIpc) is 2.93. The Labute approximate surface area is 140 Å². The molecule has 0 aromatic heterocycles. The molecule has 1 rings (SSSR count). The SMILES string of the molecule is CC(C)(C)OC(=O)N1CCC[C@H]1C(=O)OCCOCCON(O)O. The maximum atomic E-state index is 12.1. The third-order valence-electron chi connectivity index (χ3n) is 3.06. The first-order valence-electron chi connectivity index (χ1n) is 7.75. The molecule has 0 aromatic rings. The van der Waals surface area contributed by atoms with Crippen LogP contribution in [-0.2, 0) is 23.8 Å². The number of carbonyl (C=O) groups excluding carboxylic acids is 2. The van der Waals surface area contributed by atoms with E-state index in [1.54, 1.807) is 20.8 Å². The molecule has 1 saturated heterocycles. The molecule has 1 aliphatic rings. The van der Waals surface area contributed by atoms with E-state index in [1.807, 2.05) is 0 Å². The van der Waals surface area contributed by atoms with Gasteiger partial charge in [-0.3, -0.25) is 15.3 Å². The Hall–Kier alpha value is -1.46. The minimum atomic E-state index is -0.638. The Morgan fingerprint density at radius 1 is 1.17 bits per heavy atom. The molecule has 2 N–H and O–H groups in total. The molecule has 1 heterocycles. The molecular weight excluding hydrogens is 324 g/mol. The maximum absolute atomic E-state index is 12.1. The van der Waals surface area contributed by atoms with Crippen LogP contribution in [-0.4, -0.2) is 77.4 Å². The second kappa shape index (κ2) is 9.74. The number of nitrogens with zero attached hydrogens (tertiary/aromatic N) is 2. The van der Waals surface area contributed by atoms with Gasteiger partial charge in [-0.2, -0.15) is 0 Å². The summed E-state index contributed by atoms with van der Waals surface area (Å²) in [5.74, 6) is -0.491. The first-order valence-corrected chi connectivity index (χ1v) is 7.75. The molecule has 0 aliphatic carbocycles. The van der Waals surface area contributed by atoms with Gasteiger partial charge in [0.25, 0.3) is 0 Å². The van der Waals surface area contributed by atoms with Crippen LogP contribution in [0, 0.1) is 0 Å². The van der Waals surface area contributed by atoms with Crippen LogP contribution in [0.5, 0.6) is 0 Å². The highest BCUT2D eigenvalue weighted by molar-refractivity contribution is 5.82. The van der Waals surface area contributed by atoms with E-state index in [4.69, 9.17) is 24.6 Å². The number of esters is 1. The van der Waals surface area contributed by atoms with Gasteiger partial charge in [0.1, 0.15) is 18.2 Å². The van der Waals surface area contributed by atoms with Gasteiger partial charge in [0.2, 0.25) is 0 Å². The third-order valence-corrected chi connectivity index (χ3v) is 3.06. The Kier molecular flexibility index (Phi) is 8.36. The molecule has 10 nitrogen and oxygen atoms in total. The topological polar surface area (TPSA) is 118 Å². The molecule has 0 bridgehead atoms. The van der Waals surface area contributed by atoms with Crippen molar-refractivity contribution in [2.24, 2.45) is 0 Å². The van der Waals surface area contributed by atoms with Crippen molar-refractivity contribution in [3.05, 3.63) is 0 Å². The molecule has 0 spiro atoms. The summed E-state index contributed by atoms with van der Waals surface area (Å²) in [5, 5.41) is 16.2. The molecule has 0 saturated carbocycles. The first-order chi connectivity index (χ1) is 11.2. The van der Waals surface area contributed by atoms with E-state index < -0.39 is 29.1 Å². The monoisotopic (exact) mass is 350 g/mol. The lowest BCUT2D eigenvalue weighted by atomic mass is 10.2. The molecule has 24 heavy (non-hydrogen) atoms. The summed E-state index contributed by atoms with van der Waals surface area (Å²) in [7, 11) is 0. The summed E-state index contributed by atoms with van der Waals surface area (Å²) in [4.78, 5) is 29.8. The standard InChI is InChI=1S/C14H26N2O8/c1-14(2,3)24-13(18)15-6-4-5-11(15)12(17)22-9-7-21-8-10-23-16(19)20/h11,19-20H,4-10H2,1-3H3/t11-/m0/s1. The highest BCUT2D eigenvalue weighted by atomic mass is 17.1. The van der Waals surface area contributed by atoms with Crippen molar-refractivity contribution in [1.29, 1.82) is 0 Å². The normalized spacial score (nSPS) is 18.1. The van der Waals surface area contributed by atoms with Gasteiger partial charge in [0, 0.05) is 6.54 Å². The van der Waals surface area contributed by atoms with E-state index in [-0.39, 0.29) is 26.4 Å². The van der Waals surface area contributed by atoms with Crippen LogP contribution in [0.1, 0.15) is 33.6 Å².